The number of nitrogens with zero attached hydrogens (tertiary/aromatic N) is 3. The number of hydrogen-bond acceptors (Lipinski definition) is 5. The smallest absolute Gasteiger partial charge is 0.270 e. The van der Waals surface area contributed by atoms with Crippen LogP contribution >= 0.6 is 0 Å². The van der Waals surface area contributed by atoms with Crippen LogP contribution in [0.1, 0.15) is 9.16 Å². The van der Waals surface area contributed by atoms with Crippen molar-refractivity contribution in [2.24, 2.45) is 0 Å². The van der Waals surface area contributed by atoms with Crippen molar-refractivity contribution < 1.29 is 15.3 Å². The average molecular weight is 273 g/mol. The van der Waals surface area contributed by atoms with Gasteiger partial charge in [-0.3, -0.25) is 8.58 Å². The molecule has 2 aromatic rings. The van der Waals surface area contributed by atoms with Gasteiger partial charge in [0.1, 0.15) is 0 Å². The quantitative estimate of drug-likeness (QED) is 0.708. The summed E-state index contributed by atoms with van der Waals surface area (Å²) in [6.07, 6.45) is 1.99. The molecule has 98 valence electrons. The zero-order valence-electron chi connectivity index (χ0n) is 11.6. The number of aromatic nitrogens is 3. The van der Waals surface area contributed by atoms with Crippen LogP contribution in [0.15, 0.2) is 29.2 Å². The summed E-state index contributed by atoms with van der Waals surface area (Å²) < 4.78 is 43.4. The van der Waals surface area contributed by atoms with E-state index in [-0.39, 0.29) is 13.0 Å². The highest BCUT2D eigenvalue weighted by Gasteiger charge is 2.06. The van der Waals surface area contributed by atoms with E-state index in [9.17, 15) is 13.2 Å². The van der Waals surface area contributed by atoms with Crippen molar-refractivity contribution >= 4 is 15.8 Å². The van der Waals surface area contributed by atoms with Gasteiger partial charge in [-0.2, -0.15) is 8.42 Å². The lowest BCUT2D eigenvalue weighted by atomic mass is 10.5. The van der Waals surface area contributed by atoms with Crippen LogP contribution in [0.5, 0.6) is 0 Å². The molecule has 2 aromatic heterocycles. The van der Waals surface area contributed by atoms with Crippen LogP contribution in [0, 0.1) is 0 Å². The molecule has 0 radical (unpaired) electrons. The molecule has 0 aliphatic heterocycles. The van der Waals surface area contributed by atoms with Crippen molar-refractivity contribution in [3.63, 3.8) is 0 Å². The van der Waals surface area contributed by atoms with Gasteiger partial charge in [-0.25, -0.2) is 9.48 Å². The third-order valence-electron chi connectivity index (χ3n) is 2.12. The van der Waals surface area contributed by atoms with Gasteiger partial charge in [-0.15, -0.1) is 5.10 Å². The molecule has 0 N–H and O–H groups in total. The van der Waals surface area contributed by atoms with Crippen LogP contribution in [0.2, 0.25) is 0 Å². The summed E-state index contributed by atoms with van der Waals surface area (Å²) in [6, 6.07) is 5.03. The second-order valence-electron chi connectivity index (χ2n) is 3.62. The molecule has 0 spiro atoms. The monoisotopic (exact) mass is 273 g/mol. The molecule has 0 atom stereocenters. The Balaban J connectivity index is 2.17. The second kappa shape index (κ2) is 4.91. The standard InChI is InChI=1S/C10H13N3O4S/c1-18(15,16)17-8-4-7-13-10(14)12-6-3-2-5-9(12)11-13/h2-3,5-6H,4,7-8H2,1H3/i8D2. The molecule has 2 heterocycles. The number of aryl methyl sites for hydroxylation is 1. The number of rotatable bonds is 5. The Morgan fingerprint density at radius 2 is 2.28 bits per heavy atom. The van der Waals surface area contributed by atoms with Gasteiger partial charge in [-0.1, -0.05) is 6.07 Å². The number of fused-ring (bicyclic) bond motifs is 1. The van der Waals surface area contributed by atoms with Gasteiger partial charge < -0.3 is 0 Å². The Bertz CT molecular complexity index is 781. The zero-order chi connectivity index (χ0) is 15.0. The van der Waals surface area contributed by atoms with Crippen LogP contribution in [0.4, 0.5) is 0 Å². The second-order valence-corrected chi connectivity index (χ2v) is 5.19. The minimum absolute atomic E-state index is 0.0942. The molecule has 0 fully saturated rings. The first-order chi connectivity index (χ1) is 9.18. The zero-order valence-corrected chi connectivity index (χ0v) is 10.4. The van der Waals surface area contributed by atoms with Gasteiger partial charge >= 0.3 is 5.69 Å². The summed E-state index contributed by atoms with van der Waals surface area (Å²) in [5.74, 6) is 0. The highest BCUT2D eigenvalue weighted by atomic mass is 32.2. The predicted molar refractivity (Wildman–Crippen MR) is 64.9 cm³/mol. The van der Waals surface area contributed by atoms with Crippen LogP contribution in [-0.4, -0.2) is 35.4 Å². The summed E-state index contributed by atoms with van der Waals surface area (Å²) in [6.45, 7) is -2.48. The maximum absolute atomic E-state index is 11.9. The highest BCUT2D eigenvalue weighted by Crippen LogP contribution is 1.97. The molecule has 2 rings (SSSR count). The Morgan fingerprint density at radius 1 is 1.50 bits per heavy atom. The minimum atomic E-state index is -3.91. The van der Waals surface area contributed by atoms with Crippen molar-refractivity contribution in [2.45, 2.75) is 13.0 Å². The van der Waals surface area contributed by atoms with Gasteiger partial charge in [0.05, 0.1) is 15.6 Å². The molecule has 18 heavy (non-hydrogen) atoms. The van der Waals surface area contributed by atoms with E-state index >= 15 is 0 Å². The molecule has 8 heteroatoms. The van der Waals surface area contributed by atoms with Crippen molar-refractivity contribution in [3.05, 3.63) is 34.9 Å². The van der Waals surface area contributed by atoms with Crippen molar-refractivity contribution in [2.75, 3.05) is 12.8 Å². The normalized spacial score (nSPS) is 14.5. The van der Waals surface area contributed by atoms with Gasteiger partial charge in [-0.05, 0) is 18.6 Å². The van der Waals surface area contributed by atoms with Crippen molar-refractivity contribution in [1.82, 2.24) is 14.2 Å². The number of hydrogen-bond donors (Lipinski definition) is 0. The first-order valence-corrected chi connectivity index (χ1v) is 6.94. The Labute approximate surface area is 107 Å². The molecule has 0 aliphatic carbocycles. The third-order valence-corrected chi connectivity index (χ3v) is 2.54. The fourth-order valence-corrected chi connectivity index (χ4v) is 1.71. The molecule has 0 aliphatic rings. The Morgan fingerprint density at radius 3 is 2.94 bits per heavy atom. The lowest BCUT2D eigenvalue weighted by molar-refractivity contribution is 0.303. The fraction of sp³-hybridized carbons (Fsp3) is 0.400. The third kappa shape index (κ3) is 2.96. The molecule has 0 saturated heterocycles. The molecule has 0 amide bonds. The summed E-state index contributed by atoms with van der Waals surface area (Å²) in [7, 11) is -3.91. The lowest BCUT2D eigenvalue weighted by Crippen LogP contribution is -2.22. The van der Waals surface area contributed by atoms with E-state index in [4.69, 9.17) is 2.74 Å². The molecule has 0 bridgehead atoms. The minimum Gasteiger partial charge on any atom is -0.270 e. The molecule has 0 saturated carbocycles. The average Bonchev–Trinajstić information content (AvgIpc) is 2.62. The lowest BCUT2D eigenvalue weighted by Gasteiger charge is -2.00. The largest absolute Gasteiger partial charge is 0.350 e. The summed E-state index contributed by atoms with van der Waals surface area (Å²) in [4.78, 5) is 11.9. The van der Waals surface area contributed by atoms with E-state index in [2.05, 4.69) is 9.28 Å². The molecule has 0 aromatic carbocycles. The maximum atomic E-state index is 11.9. The van der Waals surface area contributed by atoms with E-state index in [1.165, 1.54) is 4.40 Å². The Hall–Kier alpha value is -1.67. The van der Waals surface area contributed by atoms with Gasteiger partial charge in [0, 0.05) is 12.7 Å². The molecule has 7 nitrogen and oxygen atoms in total. The van der Waals surface area contributed by atoms with Crippen LogP contribution in [0.3, 0.4) is 0 Å². The predicted octanol–water partition coefficient (Wildman–Crippen LogP) is -0.138. The topological polar surface area (TPSA) is 82.7 Å². The van der Waals surface area contributed by atoms with Gasteiger partial charge in [0.15, 0.2) is 5.65 Å². The van der Waals surface area contributed by atoms with Crippen molar-refractivity contribution in [1.29, 1.82) is 0 Å². The maximum Gasteiger partial charge on any atom is 0.350 e. The molecule has 0 unspecified atom stereocenters. The molecular weight excluding hydrogens is 258 g/mol. The summed E-state index contributed by atoms with van der Waals surface area (Å²) in [5.41, 5.74) is 0.0119. The van der Waals surface area contributed by atoms with Crippen molar-refractivity contribution in [3.8, 4) is 0 Å². The van der Waals surface area contributed by atoms with Crippen LogP contribution < -0.4 is 5.69 Å². The van der Waals surface area contributed by atoms with E-state index < -0.39 is 22.4 Å². The van der Waals surface area contributed by atoms with Crippen LogP contribution in [-0.2, 0) is 20.8 Å². The Kier molecular flexibility index (Phi) is 2.80. The number of pyridine rings is 1. The fourth-order valence-electron chi connectivity index (χ4n) is 1.41. The highest BCUT2D eigenvalue weighted by molar-refractivity contribution is 7.85. The SMILES string of the molecule is [2H]C([2H])(CCn1nc2ccccn2c1=O)OS(C)(=O)=O. The van der Waals surface area contributed by atoms with E-state index in [1.807, 2.05) is 0 Å². The van der Waals surface area contributed by atoms with E-state index in [0.29, 0.717) is 5.65 Å². The first kappa shape index (κ1) is 10.3. The molecular formula is C10H13N3O4S. The van der Waals surface area contributed by atoms with E-state index in [1.54, 1.807) is 24.4 Å². The van der Waals surface area contributed by atoms with Crippen LogP contribution in [0.25, 0.3) is 5.65 Å². The summed E-state index contributed by atoms with van der Waals surface area (Å²) >= 11 is 0. The van der Waals surface area contributed by atoms with Gasteiger partial charge in [0.2, 0.25) is 0 Å². The first-order valence-electron chi connectivity index (χ1n) is 6.13. The van der Waals surface area contributed by atoms with Gasteiger partial charge in [0.25, 0.3) is 10.1 Å². The summed E-state index contributed by atoms with van der Waals surface area (Å²) in [5, 5.41) is 4.01. The van der Waals surface area contributed by atoms with E-state index in [0.717, 1.165) is 10.9 Å².